The zero-order chi connectivity index (χ0) is 14.6. The van der Waals surface area contributed by atoms with Crippen LogP contribution in [0.1, 0.15) is 38.8 Å². The molecule has 0 saturated heterocycles. The van der Waals surface area contributed by atoms with Crippen LogP contribution in [-0.4, -0.2) is 28.6 Å². The fraction of sp³-hybridized carbons (Fsp3) is 0.500. The van der Waals surface area contributed by atoms with Crippen LogP contribution in [0.5, 0.6) is 0 Å². The molecule has 0 amide bonds. The van der Waals surface area contributed by atoms with Gasteiger partial charge in [0.2, 0.25) is 0 Å². The van der Waals surface area contributed by atoms with Crippen molar-refractivity contribution in [2.75, 3.05) is 6.54 Å². The maximum absolute atomic E-state index is 13.2. The Balaban J connectivity index is 2.88. The van der Waals surface area contributed by atoms with Crippen molar-refractivity contribution in [2.45, 2.75) is 39.3 Å². The zero-order valence-corrected chi connectivity index (χ0v) is 12.1. The normalized spacial score (nSPS) is 13.0. The molecule has 3 nitrogen and oxygen atoms in total. The van der Waals surface area contributed by atoms with Crippen molar-refractivity contribution >= 4 is 17.6 Å². The minimum absolute atomic E-state index is 0.0163. The van der Waals surface area contributed by atoms with Gasteiger partial charge >= 0.3 is 5.97 Å². The molecule has 1 N–H and O–H groups in total. The lowest BCUT2D eigenvalue weighted by molar-refractivity contribution is -0.137. The first-order valence-electron chi connectivity index (χ1n) is 6.25. The van der Waals surface area contributed by atoms with Gasteiger partial charge in [-0.05, 0) is 38.5 Å². The molecule has 1 aromatic rings. The van der Waals surface area contributed by atoms with Gasteiger partial charge in [0.1, 0.15) is 5.82 Å². The monoisotopic (exact) mass is 287 g/mol. The number of benzene rings is 1. The minimum atomic E-state index is -0.824. The molecule has 5 heteroatoms. The summed E-state index contributed by atoms with van der Waals surface area (Å²) in [5.74, 6) is -1.27. The van der Waals surface area contributed by atoms with Crippen LogP contribution < -0.4 is 0 Å². The molecule has 0 aliphatic carbocycles. The van der Waals surface area contributed by atoms with E-state index >= 15 is 0 Å². The van der Waals surface area contributed by atoms with Gasteiger partial charge < -0.3 is 5.11 Å². The number of carbonyl (C=O) groups is 1. The van der Waals surface area contributed by atoms with E-state index in [0.717, 1.165) is 5.56 Å². The van der Waals surface area contributed by atoms with Gasteiger partial charge in [-0.1, -0.05) is 17.7 Å². The van der Waals surface area contributed by atoms with Crippen LogP contribution in [0, 0.1) is 5.82 Å². The van der Waals surface area contributed by atoms with Gasteiger partial charge in [0.25, 0.3) is 0 Å². The Bertz CT molecular complexity index is 451. The highest BCUT2D eigenvalue weighted by Gasteiger charge is 2.20. The largest absolute Gasteiger partial charge is 0.481 e. The molecule has 0 fully saturated rings. The molecule has 0 radical (unpaired) electrons. The van der Waals surface area contributed by atoms with Crippen LogP contribution in [0.25, 0.3) is 0 Å². The van der Waals surface area contributed by atoms with E-state index in [1.165, 1.54) is 6.07 Å². The Morgan fingerprint density at radius 3 is 2.53 bits per heavy atom. The van der Waals surface area contributed by atoms with E-state index in [0.29, 0.717) is 6.54 Å². The second kappa shape index (κ2) is 6.87. The first-order valence-corrected chi connectivity index (χ1v) is 6.63. The van der Waals surface area contributed by atoms with E-state index in [-0.39, 0.29) is 23.5 Å². The third-order valence-corrected chi connectivity index (χ3v) is 3.46. The molecule has 0 aromatic heterocycles. The van der Waals surface area contributed by atoms with Crippen molar-refractivity contribution in [3.05, 3.63) is 34.6 Å². The first-order chi connectivity index (χ1) is 8.82. The molecule has 1 rings (SSSR count). The fourth-order valence-corrected chi connectivity index (χ4v) is 2.28. The molecule has 0 saturated carbocycles. The molecule has 19 heavy (non-hydrogen) atoms. The van der Waals surface area contributed by atoms with Crippen molar-refractivity contribution in [2.24, 2.45) is 0 Å². The first kappa shape index (κ1) is 15.9. The number of hydrogen-bond acceptors (Lipinski definition) is 2. The lowest BCUT2D eigenvalue weighted by atomic mass is 10.0. The second-order valence-corrected chi connectivity index (χ2v) is 5.23. The molecule has 0 aliphatic heterocycles. The average Bonchev–Trinajstić information content (AvgIpc) is 2.31. The van der Waals surface area contributed by atoms with E-state index in [9.17, 15) is 9.18 Å². The van der Waals surface area contributed by atoms with Crippen molar-refractivity contribution in [1.82, 2.24) is 4.90 Å². The van der Waals surface area contributed by atoms with Gasteiger partial charge in [-0.25, -0.2) is 4.39 Å². The van der Waals surface area contributed by atoms with Crippen LogP contribution in [0.4, 0.5) is 4.39 Å². The number of halogens is 2. The molecule has 1 atom stereocenters. The third-order valence-electron chi connectivity index (χ3n) is 3.17. The number of carboxylic acids is 1. The molecule has 1 unspecified atom stereocenters. The van der Waals surface area contributed by atoms with Crippen LogP contribution in [-0.2, 0) is 4.79 Å². The summed E-state index contributed by atoms with van der Waals surface area (Å²) in [6.45, 7) is 6.42. The zero-order valence-electron chi connectivity index (χ0n) is 11.4. The van der Waals surface area contributed by atoms with Crippen molar-refractivity contribution in [3.8, 4) is 0 Å². The summed E-state index contributed by atoms with van der Waals surface area (Å²) in [4.78, 5) is 12.7. The van der Waals surface area contributed by atoms with Gasteiger partial charge in [-0.2, -0.15) is 0 Å². The summed E-state index contributed by atoms with van der Waals surface area (Å²) in [6, 6.07) is 4.79. The molecule has 1 aromatic carbocycles. The van der Waals surface area contributed by atoms with E-state index in [4.69, 9.17) is 16.7 Å². The van der Waals surface area contributed by atoms with Gasteiger partial charge in [-0.15, -0.1) is 0 Å². The number of aliphatic carboxylic acids is 1. The molecule has 0 bridgehead atoms. The maximum atomic E-state index is 13.2. The topological polar surface area (TPSA) is 40.5 Å². The maximum Gasteiger partial charge on any atom is 0.304 e. The van der Waals surface area contributed by atoms with Crippen molar-refractivity contribution in [3.63, 3.8) is 0 Å². The Labute approximate surface area is 118 Å². The predicted octanol–water partition coefficient (Wildman–Crippen LogP) is 3.73. The Kier molecular flexibility index (Phi) is 5.76. The summed E-state index contributed by atoms with van der Waals surface area (Å²) < 4.78 is 13.2. The quantitative estimate of drug-likeness (QED) is 0.867. The highest BCUT2D eigenvalue weighted by molar-refractivity contribution is 6.30. The van der Waals surface area contributed by atoms with Gasteiger partial charge in [-0.3, -0.25) is 9.69 Å². The van der Waals surface area contributed by atoms with E-state index in [2.05, 4.69) is 4.90 Å². The number of carboxylic acid groups (broad SMARTS) is 1. The number of nitrogens with zero attached hydrogens (tertiary/aromatic N) is 1. The standard InChI is InChI=1S/C14H19ClFNO2/c1-9(2)17(7-6-14(18)19)10(3)11-4-5-13(16)12(15)8-11/h4-5,8-10H,6-7H2,1-3H3,(H,18,19). The molecule has 0 heterocycles. The van der Waals surface area contributed by atoms with Gasteiger partial charge in [0, 0.05) is 18.6 Å². The Morgan fingerprint density at radius 1 is 1.42 bits per heavy atom. The lowest BCUT2D eigenvalue weighted by Crippen LogP contribution is -2.35. The summed E-state index contributed by atoms with van der Waals surface area (Å²) in [5, 5.41) is 8.87. The highest BCUT2D eigenvalue weighted by Crippen LogP contribution is 2.26. The molecular formula is C14H19ClFNO2. The minimum Gasteiger partial charge on any atom is -0.481 e. The molecule has 0 spiro atoms. The van der Waals surface area contributed by atoms with E-state index < -0.39 is 11.8 Å². The second-order valence-electron chi connectivity index (χ2n) is 4.82. The predicted molar refractivity (Wildman–Crippen MR) is 73.9 cm³/mol. The smallest absolute Gasteiger partial charge is 0.304 e. The van der Waals surface area contributed by atoms with Crippen LogP contribution in [0.2, 0.25) is 5.02 Å². The highest BCUT2D eigenvalue weighted by atomic mass is 35.5. The Hall–Kier alpha value is -1.13. The van der Waals surface area contributed by atoms with Gasteiger partial charge in [0.05, 0.1) is 11.4 Å². The van der Waals surface area contributed by atoms with Crippen LogP contribution >= 0.6 is 11.6 Å². The molecule has 0 aliphatic rings. The Morgan fingerprint density at radius 2 is 2.05 bits per heavy atom. The van der Waals surface area contributed by atoms with Crippen LogP contribution in [0.3, 0.4) is 0 Å². The average molecular weight is 288 g/mol. The van der Waals surface area contributed by atoms with Gasteiger partial charge in [0.15, 0.2) is 0 Å². The van der Waals surface area contributed by atoms with E-state index in [1.54, 1.807) is 12.1 Å². The van der Waals surface area contributed by atoms with Crippen LogP contribution in [0.15, 0.2) is 18.2 Å². The van der Waals surface area contributed by atoms with Crippen molar-refractivity contribution < 1.29 is 14.3 Å². The van der Waals surface area contributed by atoms with E-state index in [1.807, 2.05) is 20.8 Å². The summed E-state index contributed by atoms with van der Waals surface area (Å²) in [7, 11) is 0. The summed E-state index contributed by atoms with van der Waals surface area (Å²) >= 11 is 5.78. The van der Waals surface area contributed by atoms with Crippen molar-refractivity contribution in [1.29, 1.82) is 0 Å². The fourth-order valence-electron chi connectivity index (χ4n) is 2.09. The molecular weight excluding hydrogens is 269 g/mol. The number of hydrogen-bond donors (Lipinski definition) is 1. The third kappa shape index (κ3) is 4.48. The summed E-state index contributed by atoms with van der Waals surface area (Å²) in [6.07, 6.45) is 0.0808. The molecule has 106 valence electrons. The lowest BCUT2D eigenvalue weighted by Gasteiger charge is -2.32. The SMILES string of the molecule is CC(C)N(CCC(=O)O)C(C)c1ccc(F)c(Cl)c1. The summed E-state index contributed by atoms with van der Waals surface area (Å²) in [5.41, 5.74) is 0.880. The number of rotatable bonds is 6.